The molecule has 1 aromatic carbocycles. The molecule has 5 amide bonds. The number of ether oxygens (including phenoxy) is 1. The standard InChI is InChI=1S/C34H53N5O5/c1-32(2,3)27(37-31(43)38-33(4,5)6)30(42)39-18-22-24(34(22,7)8)25(39)29(41)36-23(17-20-15-12-16-20)26(28(35)40)44-19-21-13-10-9-11-14-21/h9-11,13-14,20,22-27H,12,15-19H2,1-8H3,(H2,35,40)(H,36,41)(H2,37,38,43)/t22-,23?,24-,25-,26?,27+/m0/s1. The van der Waals surface area contributed by atoms with Gasteiger partial charge in [0.05, 0.1) is 12.6 Å². The van der Waals surface area contributed by atoms with Crippen LogP contribution in [0.2, 0.25) is 0 Å². The predicted octanol–water partition coefficient (Wildman–Crippen LogP) is 3.73. The van der Waals surface area contributed by atoms with Gasteiger partial charge in [-0.3, -0.25) is 14.4 Å². The summed E-state index contributed by atoms with van der Waals surface area (Å²) in [5.41, 5.74) is 5.58. The van der Waals surface area contributed by atoms with Crippen LogP contribution in [0.3, 0.4) is 0 Å². The first-order chi connectivity index (χ1) is 20.4. The van der Waals surface area contributed by atoms with Crippen LogP contribution in [0.25, 0.3) is 0 Å². The second-order valence-electron chi connectivity index (χ2n) is 15.8. The first-order valence-corrected chi connectivity index (χ1v) is 16.0. The Hall–Kier alpha value is -3.14. The molecule has 2 unspecified atom stereocenters. The molecule has 44 heavy (non-hydrogen) atoms. The fourth-order valence-electron chi connectivity index (χ4n) is 6.91. The van der Waals surface area contributed by atoms with E-state index in [9.17, 15) is 19.2 Å². The molecule has 4 rings (SSSR count). The summed E-state index contributed by atoms with van der Waals surface area (Å²) in [6.45, 7) is 16.2. The summed E-state index contributed by atoms with van der Waals surface area (Å²) in [6, 6.07) is 6.90. The summed E-state index contributed by atoms with van der Waals surface area (Å²) < 4.78 is 6.08. The molecule has 10 heteroatoms. The molecule has 1 heterocycles. The highest BCUT2D eigenvalue weighted by Crippen LogP contribution is 2.65. The van der Waals surface area contributed by atoms with Gasteiger partial charge in [-0.15, -0.1) is 0 Å². The molecule has 1 aliphatic heterocycles. The average molecular weight is 612 g/mol. The van der Waals surface area contributed by atoms with Gasteiger partial charge in [-0.05, 0) is 61.3 Å². The lowest BCUT2D eigenvalue weighted by Crippen LogP contribution is -2.62. The molecule has 6 atom stereocenters. The van der Waals surface area contributed by atoms with Crippen LogP contribution in [0.4, 0.5) is 4.79 Å². The van der Waals surface area contributed by atoms with Gasteiger partial charge in [0.1, 0.15) is 12.1 Å². The molecule has 3 fully saturated rings. The van der Waals surface area contributed by atoms with Crippen LogP contribution in [-0.2, 0) is 25.7 Å². The molecular weight excluding hydrogens is 558 g/mol. The second-order valence-corrected chi connectivity index (χ2v) is 15.8. The quantitative estimate of drug-likeness (QED) is 0.302. The van der Waals surface area contributed by atoms with Crippen molar-refractivity contribution in [1.29, 1.82) is 0 Å². The molecular formula is C34H53N5O5. The molecule has 1 aromatic rings. The number of rotatable bonds is 11. The summed E-state index contributed by atoms with van der Waals surface area (Å²) in [6.07, 6.45) is 2.73. The van der Waals surface area contributed by atoms with Gasteiger partial charge in [-0.25, -0.2) is 4.79 Å². The topological polar surface area (TPSA) is 143 Å². The van der Waals surface area contributed by atoms with Crippen molar-refractivity contribution in [1.82, 2.24) is 20.9 Å². The summed E-state index contributed by atoms with van der Waals surface area (Å²) in [5, 5.41) is 8.92. The number of likely N-dealkylation sites (tertiary alicyclic amines) is 1. The first-order valence-electron chi connectivity index (χ1n) is 16.0. The summed E-state index contributed by atoms with van der Waals surface area (Å²) in [7, 11) is 0. The van der Waals surface area contributed by atoms with Crippen LogP contribution < -0.4 is 21.7 Å². The second kappa shape index (κ2) is 12.7. The maximum absolute atomic E-state index is 14.3. The number of nitrogens with one attached hydrogen (secondary N) is 3. The van der Waals surface area contributed by atoms with Crippen molar-refractivity contribution in [2.75, 3.05) is 6.54 Å². The minimum atomic E-state index is -1.02. The van der Waals surface area contributed by atoms with E-state index >= 15 is 0 Å². The van der Waals surface area contributed by atoms with Gasteiger partial charge in [-0.2, -0.15) is 0 Å². The van der Waals surface area contributed by atoms with Crippen molar-refractivity contribution in [3.05, 3.63) is 35.9 Å². The average Bonchev–Trinajstić information content (AvgIpc) is 3.19. The van der Waals surface area contributed by atoms with Crippen LogP contribution in [0.5, 0.6) is 0 Å². The Morgan fingerprint density at radius 1 is 1.02 bits per heavy atom. The monoisotopic (exact) mass is 611 g/mol. The fourth-order valence-corrected chi connectivity index (χ4v) is 6.91. The smallest absolute Gasteiger partial charge is 0.315 e. The Balaban J connectivity index is 1.56. The van der Waals surface area contributed by atoms with Crippen molar-refractivity contribution in [2.24, 2.45) is 34.3 Å². The molecule has 0 bridgehead atoms. The highest BCUT2D eigenvalue weighted by Gasteiger charge is 2.70. The third-order valence-corrected chi connectivity index (χ3v) is 9.70. The lowest BCUT2D eigenvalue weighted by Gasteiger charge is -2.39. The third kappa shape index (κ3) is 7.73. The molecule has 3 aliphatic rings. The highest BCUT2D eigenvalue weighted by atomic mass is 16.5. The zero-order valence-electron chi connectivity index (χ0n) is 27.7. The van der Waals surface area contributed by atoms with Crippen LogP contribution in [0.15, 0.2) is 30.3 Å². The van der Waals surface area contributed by atoms with E-state index in [0.29, 0.717) is 18.9 Å². The van der Waals surface area contributed by atoms with Crippen LogP contribution >= 0.6 is 0 Å². The van der Waals surface area contributed by atoms with Crippen molar-refractivity contribution < 1.29 is 23.9 Å². The molecule has 0 aromatic heterocycles. The Kier molecular flexibility index (Phi) is 9.74. The van der Waals surface area contributed by atoms with Gasteiger partial charge in [0.15, 0.2) is 6.10 Å². The minimum Gasteiger partial charge on any atom is -0.367 e. The largest absolute Gasteiger partial charge is 0.367 e. The van der Waals surface area contributed by atoms with E-state index in [-0.39, 0.29) is 35.7 Å². The molecule has 0 spiro atoms. The van der Waals surface area contributed by atoms with Gasteiger partial charge in [-0.1, -0.05) is 84.2 Å². The molecule has 244 valence electrons. The Morgan fingerprint density at radius 3 is 2.18 bits per heavy atom. The first kappa shape index (κ1) is 33.7. The zero-order chi connectivity index (χ0) is 32.6. The number of piperidine rings is 1. The van der Waals surface area contributed by atoms with E-state index in [1.807, 2.05) is 71.9 Å². The molecule has 0 radical (unpaired) electrons. The van der Waals surface area contributed by atoms with Gasteiger partial charge < -0.3 is 31.3 Å². The minimum absolute atomic E-state index is 0.0305. The van der Waals surface area contributed by atoms with Crippen molar-refractivity contribution in [2.45, 2.75) is 117 Å². The van der Waals surface area contributed by atoms with E-state index in [1.165, 1.54) is 0 Å². The fraction of sp³-hybridized carbons (Fsp3) is 0.706. The van der Waals surface area contributed by atoms with E-state index in [1.54, 1.807) is 4.90 Å². The van der Waals surface area contributed by atoms with Crippen LogP contribution in [-0.4, -0.2) is 65.0 Å². The zero-order valence-corrected chi connectivity index (χ0v) is 27.7. The van der Waals surface area contributed by atoms with Gasteiger partial charge in [0.25, 0.3) is 0 Å². The number of benzene rings is 1. The Bertz CT molecular complexity index is 1220. The van der Waals surface area contributed by atoms with E-state index in [0.717, 1.165) is 24.8 Å². The number of hydrogen-bond acceptors (Lipinski definition) is 5. The summed E-state index contributed by atoms with van der Waals surface area (Å²) >= 11 is 0. The van der Waals surface area contributed by atoms with E-state index < -0.39 is 47.1 Å². The van der Waals surface area contributed by atoms with Crippen molar-refractivity contribution in [3.63, 3.8) is 0 Å². The van der Waals surface area contributed by atoms with Crippen molar-refractivity contribution >= 4 is 23.8 Å². The number of carbonyl (C=O) groups is 4. The molecule has 5 N–H and O–H groups in total. The van der Waals surface area contributed by atoms with Gasteiger partial charge >= 0.3 is 6.03 Å². The number of hydrogen-bond donors (Lipinski definition) is 4. The number of fused-ring (bicyclic) bond motifs is 1. The normalized spacial score (nSPS) is 24.7. The maximum Gasteiger partial charge on any atom is 0.315 e. The third-order valence-electron chi connectivity index (χ3n) is 9.70. The van der Waals surface area contributed by atoms with Crippen LogP contribution in [0, 0.1) is 28.6 Å². The SMILES string of the molecule is CC(C)(C)NC(=O)N[C@H](C(=O)N1C[C@H]2[C@@H]([C@H]1C(=O)NC(CC1CCC1)C(OCc1ccccc1)C(N)=O)C2(C)C)C(C)(C)C. The Labute approximate surface area is 262 Å². The number of carbonyl (C=O) groups excluding carboxylic acids is 4. The number of primary amides is 1. The molecule has 2 aliphatic carbocycles. The number of urea groups is 1. The molecule has 2 saturated carbocycles. The lowest BCUT2D eigenvalue weighted by atomic mass is 9.79. The molecule has 10 nitrogen and oxygen atoms in total. The number of amides is 5. The highest BCUT2D eigenvalue weighted by molar-refractivity contribution is 5.94. The lowest BCUT2D eigenvalue weighted by molar-refractivity contribution is -0.145. The number of nitrogens with two attached hydrogens (primary N) is 1. The summed E-state index contributed by atoms with van der Waals surface area (Å²) in [5.74, 6) is -0.718. The van der Waals surface area contributed by atoms with Crippen molar-refractivity contribution in [3.8, 4) is 0 Å². The van der Waals surface area contributed by atoms with E-state index in [4.69, 9.17) is 10.5 Å². The van der Waals surface area contributed by atoms with Crippen LogP contribution in [0.1, 0.15) is 86.6 Å². The maximum atomic E-state index is 14.3. The van der Waals surface area contributed by atoms with Gasteiger partial charge in [0.2, 0.25) is 17.7 Å². The predicted molar refractivity (Wildman–Crippen MR) is 169 cm³/mol. The number of nitrogens with zero attached hydrogens (tertiary/aromatic N) is 1. The molecule has 1 saturated heterocycles. The van der Waals surface area contributed by atoms with Gasteiger partial charge in [0, 0.05) is 12.1 Å². The van der Waals surface area contributed by atoms with E-state index in [2.05, 4.69) is 29.8 Å². The Morgan fingerprint density at radius 2 is 1.66 bits per heavy atom. The summed E-state index contributed by atoms with van der Waals surface area (Å²) in [4.78, 5) is 55.7.